The molecule has 16 heavy (non-hydrogen) atoms. The number of ether oxygens (including phenoxy) is 1. The van der Waals surface area contributed by atoms with Gasteiger partial charge in [0.25, 0.3) is 0 Å². The van der Waals surface area contributed by atoms with Gasteiger partial charge in [-0.3, -0.25) is 0 Å². The highest BCUT2D eigenvalue weighted by Gasteiger charge is 2.27. The number of nitriles is 2. The third-order valence-electron chi connectivity index (χ3n) is 1.58. The van der Waals surface area contributed by atoms with E-state index in [1.807, 2.05) is 0 Å². The lowest BCUT2D eigenvalue weighted by molar-refractivity contribution is -0.00659. The quantitative estimate of drug-likeness (QED) is 0.442. The first-order valence-corrected chi connectivity index (χ1v) is 4.66. The van der Waals surface area contributed by atoms with Crippen LogP contribution in [0.2, 0.25) is 0 Å². The molecule has 0 spiro atoms. The first-order valence-electron chi connectivity index (χ1n) is 4.66. The molecule has 0 rings (SSSR count). The van der Waals surface area contributed by atoms with Crippen molar-refractivity contribution in [1.29, 1.82) is 10.5 Å². The molecule has 84 valence electrons. The Kier molecular flexibility index (Phi) is 4.58. The van der Waals surface area contributed by atoms with Crippen LogP contribution >= 0.6 is 0 Å². The van der Waals surface area contributed by atoms with Crippen molar-refractivity contribution >= 4 is 0 Å². The van der Waals surface area contributed by atoms with Crippen molar-refractivity contribution in [2.24, 2.45) is 0 Å². The Balaban J connectivity index is 5.02. The van der Waals surface area contributed by atoms with Crippen LogP contribution in [0.5, 0.6) is 0 Å². The van der Waals surface area contributed by atoms with E-state index in [0.717, 1.165) is 6.08 Å². The summed E-state index contributed by atoms with van der Waals surface area (Å²) in [6.07, 6.45) is 1.12. The third-order valence-corrected chi connectivity index (χ3v) is 1.58. The molecule has 0 radical (unpaired) electrons. The number of rotatable bonds is 3. The van der Waals surface area contributed by atoms with Crippen molar-refractivity contribution < 1.29 is 9.84 Å². The van der Waals surface area contributed by atoms with Crippen molar-refractivity contribution in [1.82, 2.24) is 0 Å². The fourth-order valence-electron chi connectivity index (χ4n) is 0.868. The van der Waals surface area contributed by atoms with Gasteiger partial charge in [0.15, 0.2) is 11.7 Å². The fraction of sp³-hybridized carbons (Fsp3) is 0.500. The van der Waals surface area contributed by atoms with Crippen molar-refractivity contribution in [3.05, 3.63) is 11.8 Å². The van der Waals surface area contributed by atoms with Gasteiger partial charge in [0.05, 0.1) is 12.1 Å². The molecule has 0 fully saturated rings. The van der Waals surface area contributed by atoms with E-state index >= 15 is 0 Å². The van der Waals surface area contributed by atoms with E-state index in [-0.39, 0.29) is 5.76 Å². The Morgan fingerprint density at radius 3 is 2.19 bits per heavy atom. The van der Waals surface area contributed by atoms with Crippen LogP contribution in [0.25, 0.3) is 0 Å². The minimum atomic E-state index is -1.26. The van der Waals surface area contributed by atoms with E-state index in [1.165, 1.54) is 13.8 Å². The van der Waals surface area contributed by atoms with Gasteiger partial charge in [0.2, 0.25) is 0 Å². The average molecular weight is 218 g/mol. The van der Waals surface area contributed by atoms with Crippen LogP contribution in [0.4, 0.5) is 0 Å². The lowest BCUT2D eigenvalue weighted by Crippen LogP contribution is -2.31. The lowest BCUT2D eigenvalue weighted by atomic mass is 10.1. The van der Waals surface area contributed by atoms with E-state index in [4.69, 9.17) is 15.3 Å². The lowest BCUT2D eigenvalue weighted by Gasteiger charge is -2.28. The van der Waals surface area contributed by atoms with Gasteiger partial charge < -0.3 is 9.84 Å². The molecule has 1 N–H and O–H groups in total. The van der Waals surface area contributed by atoms with E-state index in [9.17, 15) is 5.11 Å². The molecule has 0 amide bonds. The maximum atomic E-state index is 9.74. The van der Waals surface area contributed by atoms with E-state index in [1.54, 1.807) is 26.0 Å². The van der Waals surface area contributed by atoms with Gasteiger partial charge in [0, 0.05) is 5.92 Å². The number of hydrogen-bond donors (Lipinski definition) is 1. The molecule has 0 aromatic heterocycles. The van der Waals surface area contributed by atoms with Crippen LogP contribution in [0.3, 0.4) is 0 Å². The second-order valence-corrected chi connectivity index (χ2v) is 4.17. The van der Waals surface area contributed by atoms with Gasteiger partial charge in [0.1, 0.15) is 11.4 Å². The highest BCUT2D eigenvalue weighted by Crippen LogP contribution is 2.23. The monoisotopic (exact) mass is 218 g/mol. The smallest absolute Gasteiger partial charge is 0.164 e. The Hall–Kier alpha value is -1.96. The van der Waals surface area contributed by atoms with Crippen LogP contribution in [-0.2, 0) is 4.74 Å². The molecule has 0 heterocycles. The molecular weight excluding hydrogens is 204 g/mol. The normalized spacial score (nSPS) is 11.8. The molecule has 0 aliphatic rings. The van der Waals surface area contributed by atoms with Crippen LogP contribution in [0.15, 0.2) is 11.8 Å². The minimum Gasteiger partial charge on any atom is -0.476 e. The zero-order valence-electron chi connectivity index (χ0n) is 9.83. The summed E-state index contributed by atoms with van der Waals surface area (Å²) in [5.74, 6) is 4.92. The molecule has 0 aliphatic carbocycles. The molecule has 0 saturated carbocycles. The van der Waals surface area contributed by atoms with Crippen LogP contribution < -0.4 is 0 Å². The van der Waals surface area contributed by atoms with Crippen LogP contribution in [0.1, 0.15) is 27.7 Å². The molecule has 0 bridgehead atoms. The number of nitrogens with zero attached hydrogens (tertiary/aromatic N) is 2. The zero-order valence-corrected chi connectivity index (χ0v) is 9.83. The summed E-state index contributed by atoms with van der Waals surface area (Å²) in [7, 11) is 0. The average Bonchev–Trinajstić information content (AvgIpc) is 2.12. The maximum absolute atomic E-state index is 9.74. The van der Waals surface area contributed by atoms with Crippen molar-refractivity contribution in [3.8, 4) is 24.0 Å². The largest absolute Gasteiger partial charge is 0.476 e. The first kappa shape index (κ1) is 14.0. The number of allylic oxidation sites excluding steroid dienone is 1. The summed E-state index contributed by atoms with van der Waals surface area (Å²) in [6.45, 7) is 6.30. The summed E-state index contributed by atoms with van der Waals surface area (Å²) in [5.41, 5.74) is -2.19. The Labute approximate surface area is 95.8 Å². The summed E-state index contributed by atoms with van der Waals surface area (Å²) in [4.78, 5) is 0. The van der Waals surface area contributed by atoms with Gasteiger partial charge in [-0.25, -0.2) is 0 Å². The van der Waals surface area contributed by atoms with Crippen molar-refractivity contribution in [2.75, 3.05) is 0 Å². The molecular formula is C12H14N2O2. The number of hydrogen-bond acceptors (Lipinski definition) is 4. The highest BCUT2D eigenvalue weighted by atomic mass is 16.5. The zero-order chi connectivity index (χ0) is 12.8. The van der Waals surface area contributed by atoms with Gasteiger partial charge >= 0.3 is 0 Å². The second-order valence-electron chi connectivity index (χ2n) is 4.17. The standard InChI is InChI=1S/C12H14N2O2/c1-11(2,7-5-8-13)16-10(6-9-14)12(3,4)15/h6,15H,1-4H3/b10-6-. The van der Waals surface area contributed by atoms with Crippen molar-refractivity contribution in [2.45, 2.75) is 38.9 Å². The molecule has 0 saturated heterocycles. The maximum Gasteiger partial charge on any atom is 0.164 e. The summed E-state index contributed by atoms with van der Waals surface area (Å²) in [6, 6.07) is 3.47. The molecule has 0 aromatic carbocycles. The second kappa shape index (κ2) is 5.21. The molecule has 0 aliphatic heterocycles. The Morgan fingerprint density at radius 2 is 1.81 bits per heavy atom. The molecule has 0 aromatic rings. The van der Waals surface area contributed by atoms with Gasteiger partial charge in [-0.1, -0.05) is 0 Å². The van der Waals surface area contributed by atoms with Gasteiger partial charge in [-0.2, -0.15) is 10.5 Å². The van der Waals surface area contributed by atoms with E-state index in [0.29, 0.717) is 0 Å². The number of aliphatic hydroxyl groups is 1. The molecule has 4 heteroatoms. The van der Waals surface area contributed by atoms with Gasteiger partial charge in [-0.15, -0.1) is 0 Å². The minimum absolute atomic E-state index is 0.118. The predicted octanol–water partition coefficient (Wildman–Crippen LogP) is 1.49. The summed E-state index contributed by atoms with van der Waals surface area (Å²) in [5, 5.41) is 26.6. The first-order chi connectivity index (χ1) is 7.23. The SMILES string of the molecule is CC(C)(C#CC#N)O/C(=C\C#N)C(C)(C)O. The third kappa shape index (κ3) is 5.05. The summed E-state index contributed by atoms with van der Waals surface area (Å²) >= 11 is 0. The van der Waals surface area contributed by atoms with E-state index < -0.39 is 11.2 Å². The molecule has 0 atom stereocenters. The van der Waals surface area contributed by atoms with Crippen LogP contribution in [-0.4, -0.2) is 16.3 Å². The Bertz CT molecular complexity index is 417. The fourth-order valence-corrected chi connectivity index (χ4v) is 0.868. The van der Waals surface area contributed by atoms with Crippen molar-refractivity contribution in [3.63, 3.8) is 0 Å². The molecule has 0 unspecified atom stereocenters. The highest BCUT2D eigenvalue weighted by molar-refractivity contribution is 5.25. The van der Waals surface area contributed by atoms with Crippen LogP contribution in [0, 0.1) is 34.5 Å². The Morgan fingerprint density at radius 1 is 1.25 bits per heavy atom. The molecule has 4 nitrogen and oxygen atoms in total. The summed E-state index contributed by atoms with van der Waals surface area (Å²) < 4.78 is 5.41. The predicted molar refractivity (Wildman–Crippen MR) is 58.5 cm³/mol. The topological polar surface area (TPSA) is 77.0 Å². The van der Waals surface area contributed by atoms with E-state index in [2.05, 4.69) is 11.8 Å². The van der Waals surface area contributed by atoms with Gasteiger partial charge in [-0.05, 0) is 33.6 Å².